The molecule has 0 spiro atoms. The number of hydrogen-bond donors (Lipinski definition) is 1. The average Bonchev–Trinajstić information content (AvgIpc) is 2.87. The Balaban J connectivity index is 1.69. The lowest BCUT2D eigenvalue weighted by Gasteiger charge is -2.35. The van der Waals surface area contributed by atoms with Gasteiger partial charge in [0.2, 0.25) is 11.7 Å². The molecule has 21 heavy (non-hydrogen) atoms. The number of hydrogen-bond acceptors (Lipinski definition) is 5. The van der Waals surface area contributed by atoms with Crippen LogP contribution in [0.1, 0.15) is 25.7 Å². The lowest BCUT2D eigenvalue weighted by Crippen LogP contribution is -2.45. The van der Waals surface area contributed by atoms with E-state index in [1.54, 1.807) is 12.1 Å². The van der Waals surface area contributed by atoms with Crippen LogP contribution in [-0.4, -0.2) is 38.8 Å². The summed E-state index contributed by atoms with van der Waals surface area (Å²) in [6.07, 6.45) is 1.81. The fraction of sp³-hybridized carbons (Fsp3) is 0.467. The molecule has 1 aromatic heterocycles. The Labute approximate surface area is 128 Å². The summed E-state index contributed by atoms with van der Waals surface area (Å²) in [6, 6.07) is 7.33. The summed E-state index contributed by atoms with van der Waals surface area (Å²) in [5.41, 5.74) is 0.247. The van der Waals surface area contributed by atoms with Gasteiger partial charge in [0.25, 0.3) is 0 Å². The van der Waals surface area contributed by atoms with E-state index in [0.29, 0.717) is 29.8 Å². The Morgan fingerprint density at radius 3 is 2.86 bits per heavy atom. The van der Waals surface area contributed by atoms with E-state index in [9.17, 15) is 5.11 Å². The molecule has 1 N–H and O–H groups in total. The van der Waals surface area contributed by atoms with E-state index in [-0.39, 0.29) is 0 Å². The summed E-state index contributed by atoms with van der Waals surface area (Å²) in [5.74, 6) is 1.13. The molecule has 1 aromatic carbocycles. The zero-order chi connectivity index (χ0) is 14.9. The fourth-order valence-electron chi connectivity index (χ4n) is 2.68. The van der Waals surface area contributed by atoms with Crippen LogP contribution >= 0.6 is 11.6 Å². The van der Waals surface area contributed by atoms with Crippen molar-refractivity contribution in [3.8, 4) is 11.4 Å². The number of aliphatic hydroxyl groups is 1. The minimum atomic E-state index is -0.628. The smallest absolute Gasteiger partial charge is 0.241 e. The fourth-order valence-corrected chi connectivity index (χ4v) is 2.81. The van der Waals surface area contributed by atoms with Crippen molar-refractivity contribution in [1.82, 2.24) is 15.0 Å². The molecular weight excluding hydrogens is 290 g/mol. The monoisotopic (exact) mass is 307 g/mol. The maximum Gasteiger partial charge on any atom is 0.241 e. The van der Waals surface area contributed by atoms with Gasteiger partial charge in [-0.3, -0.25) is 4.90 Å². The molecule has 1 aliphatic heterocycles. The quantitative estimate of drug-likeness (QED) is 0.944. The minimum Gasteiger partial charge on any atom is -0.389 e. The molecular formula is C15H18ClN3O2. The predicted molar refractivity (Wildman–Crippen MR) is 79.9 cm³/mol. The molecule has 1 fully saturated rings. The summed E-state index contributed by atoms with van der Waals surface area (Å²) in [6.45, 7) is 4.00. The van der Waals surface area contributed by atoms with Crippen molar-refractivity contribution in [2.45, 2.75) is 31.9 Å². The van der Waals surface area contributed by atoms with Gasteiger partial charge in [-0.25, -0.2) is 0 Å². The Morgan fingerprint density at radius 1 is 1.38 bits per heavy atom. The van der Waals surface area contributed by atoms with Crippen LogP contribution in [0.5, 0.6) is 0 Å². The first-order valence-corrected chi connectivity index (χ1v) is 7.43. The molecule has 6 heteroatoms. The third kappa shape index (κ3) is 3.61. The van der Waals surface area contributed by atoms with Crippen LogP contribution in [0.25, 0.3) is 11.4 Å². The maximum absolute atomic E-state index is 10.1. The first-order chi connectivity index (χ1) is 10.0. The third-order valence-corrected chi connectivity index (χ3v) is 3.94. The number of β-amino-alcohol motifs (C(OH)–C–C–N with tert-alkyl or cyclic N) is 1. The van der Waals surface area contributed by atoms with E-state index >= 15 is 0 Å². The largest absolute Gasteiger partial charge is 0.389 e. The number of benzene rings is 1. The number of nitrogens with zero attached hydrogens (tertiary/aromatic N) is 3. The van der Waals surface area contributed by atoms with Gasteiger partial charge >= 0.3 is 0 Å². The van der Waals surface area contributed by atoms with Crippen LogP contribution in [0.4, 0.5) is 0 Å². The van der Waals surface area contributed by atoms with Crippen molar-refractivity contribution in [2.24, 2.45) is 0 Å². The molecule has 3 rings (SSSR count). The van der Waals surface area contributed by atoms with E-state index in [1.165, 1.54) is 0 Å². The zero-order valence-corrected chi connectivity index (χ0v) is 12.7. The molecule has 1 saturated heterocycles. The normalized spacial score (nSPS) is 23.4. The highest BCUT2D eigenvalue weighted by atomic mass is 35.5. The number of aromatic nitrogens is 2. The number of likely N-dealkylation sites (tertiary alicyclic amines) is 1. The molecule has 0 saturated carbocycles. The average molecular weight is 308 g/mol. The topological polar surface area (TPSA) is 62.4 Å². The molecule has 5 nitrogen and oxygen atoms in total. The van der Waals surface area contributed by atoms with Crippen LogP contribution < -0.4 is 0 Å². The van der Waals surface area contributed by atoms with E-state index < -0.39 is 5.60 Å². The number of halogens is 1. The summed E-state index contributed by atoms with van der Waals surface area (Å²) in [7, 11) is 0. The Bertz CT molecular complexity index is 610. The van der Waals surface area contributed by atoms with Gasteiger partial charge in [-0.1, -0.05) is 16.8 Å². The Morgan fingerprint density at radius 2 is 2.14 bits per heavy atom. The van der Waals surface area contributed by atoms with Crippen molar-refractivity contribution >= 4 is 11.6 Å². The summed E-state index contributed by atoms with van der Waals surface area (Å²) < 4.78 is 5.30. The first kappa shape index (κ1) is 14.5. The van der Waals surface area contributed by atoms with Crippen molar-refractivity contribution in [1.29, 1.82) is 0 Å². The molecule has 1 atom stereocenters. The Kier molecular flexibility index (Phi) is 3.97. The lowest BCUT2D eigenvalue weighted by molar-refractivity contribution is -0.0207. The van der Waals surface area contributed by atoms with E-state index in [1.807, 2.05) is 19.1 Å². The SMILES string of the molecule is CC1(O)CCCN(Cc2nc(-c3ccc(Cl)cc3)no2)C1. The molecule has 2 heterocycles. The van der Waals surface area contributed by atoms with Gasteiger partial charge in [0.1, 0.15) is 0 Å². The van der Waals surface area contributed by atoms with Gasteiger partial charge in [0, 0.05) is 17.1 Å². The standard InChI is InChI=1S/C15H18ClN3O2/c1-15(20)7-2-8-19(10-15)9-13-17-14(18-21-13)11-3-5-12(16)6-4-11/h3-6,20H,2,7-10H2,1H3. The van der Waals surface area contributed by atoms with Gasteiger partial charge < -0.3 is 9.63 Å². The van der Waals surface area contributed by atoms with Crippen molar-refractivity contribution in [2.75, 3.05) is 13.1 Å². The van der Waals surface area contributed by atoms with Crippen LogP contribution in [-0.2, 0) is 6.54 Å². The third-order valence-electron chi connectivity index (χ3n) is 3.68. The van der Waals surface area contributed by atoms with E-state index in [0.717, 1.165) is 24.9 Å². The van der Waals surface area contributed by atoms with Gasteiger partial charge in [-0.15, -0.1) is 0 Å². The first-order valence-electron chi connectivity index (χ1n) is 7.05. The molecule has 0 radical (unpaired) electrons. The van der Waals surface area contributed by atoms with E-state index in [4.69, 9.17) is 16.1 Å². The van der Waals surface area contributed by atoms with Crippen LogP contribution in [0, 0.1) is 0 Å². The molecule has 2 aromatic rings. The molecule has 1 unspecified atom stereocenters. The minimum absolute atomic E-state index is 0.561. The lowest BCUT2D eigenvalue weighted by atomic mass is 9.95. The second kappa shape index (κ2) is 5.75. The highest BCUT2D eigenvalue weighted by molar-refractivity contribution is 6.30. The van der Waals surface area contributed by atoms with Gasteiger partial charge in [0.05, 0.1) is 12.1 Å². The van der Waals surface area contributed by atoms with Crippen molar-refractivity contribution in [3.63, 3.8) is 0 Å². The highest BCUT2D eigenvalue weighted by Gasteiger charge is 2.29. The zero-order valence-electron chi connectivity index (χ0n) is 11.9. The summed E-state index contributed by atoms with van der Waals surface area (Å²) in [4.78, 5) is 6.55. The molecule has 0 bridgehead atoms. The summed E-state index contributed by atoms with van der Waals surface area (Å²) in [5, 5.41) is 14.8. The molecule has 112 valence electrons. The van der Waals surface area contributed by atoms with Crippen molar-refractivity contribution < 1.29 is 9.63 Å². The number of rotatable bonds is 3. The van der Waals surface area contributed by atoms with E-state index in [2.05, 4.69) is 15.0 Å². The summed E-state index contributed by atoms with van der Waals surface area (Å²) >= 11 is 5.87. The van der Waals surface area contributed by atoms with Crippen molar-refractivity contribution in [3.05, 3.63) is 35.2 Å². The Hall–Kier alpha value is -1.43. The predicted octanol–water partition coefficient (Wildman–Crippen LogP) is 2.74. The van der Waals surface area contributed by atoms with Crippen LogP contribution in [0.3, 0.4) is 0 Å². The van der Waals surface area contributed by atoms with Gasteiger partial charge in [-0.2, -0.15) is 4.98 Å². The molecule has 0 aliphatic carbocycles. The highest BCUT2D eigenvalue weighted by Crippen LogP contribution is 2.23. The van der Waals surface area contributed by atoms with Gasteiger partial charge in [-0.05, 0) is 50.6 Å². The second-order valence-electron chi connectivity index (χ2n) is 5.83. The second-order valence-corrected chi connectivity index (χ2v) is 6.27. The van der Waals surface area contributed by atoms with Crippen LogP contribution in [0.2, 0.25) is 5.02 Å². The number of piperidine rings is 1. The van der Waals surface area contributed by atoms with Crippen LogP contribution in [0.15, 0.2) is 28.8 Å². The van der Waals surface area contributed by atoms with Gasteiger partial charge in [0.15, 0.2) is 0 Å². The molecule has 0 amide bonds. The molecule has 1 aliphatic rings. The maximum atomic E-state index is 10.1.